The number of ether oxygens (including phenoxy) is 1. The van der Waals surface area contributed by atoms with Gasteiger partial charge in [0.1, 0.15) is 11.6 Å². The molecule has 0 saturated heterocycles. The summed E-state index contributed by atoms with van der Waals surface area (Å²) in [4.78, 5) is 15.4. The molecule has 0 aliphatic heterocycles. The summed E-state index contributed by atoms with van der Waals surface area (Å²) in [5.41, 5.74) is 2.65. The van der Waals surface area contributed by atoms with Crippen LogP contribution in [0.3, 0.4) is 0 Å². The van der Waals surface area contributed by atoms with Crippen LogP contribution in [-0.4, -0.2) is 35.3 Å². The molecule has 0 aliphatic carbocycles. The van der Waals surface area contributed by atoms with Gasteiger partial charge in [0.25, 0.3) is 5.56 Å². The second kappa shape index (κ2) is 9.98. The molecule has 33 heavy (non-hydrogen) atoms. The van der Waals surface area contributed by atoms with Gasteiger partial charge in [-0.1, -0.05) is 42.5 Å². The van der Waals surface area contributed by atoms with Gasteiger partial charge in [0.05, 0.1) is 25.3 Å². The Morgan fingerprint density at radius 1 is 1.03 bits per heavy atom. The lowest BCUT2D eigenvalue weighted by Gasteiger charge is -2.22. The molecular weight excluding hydrogens is 419 g/mol. The summed E-state index contributed by atoms with van der Waals surface area (Å²) in [5, 5.41) is 11.3. The van der Waals surface area contributed by atoms with Crippen molar-refractivity contribution in [3.63, 3.8) is 0 Å². The van der Waals surface area contributed by atoms with Crippen LogP contribution in [0, 0.1) is 5.82 Å². The average Bonchev–Trinajstić information content (AvgIpc) is 2.82. The van der Waals surface area contributed by atoms with Crippen LogP contribution < -0.4 is 10.3 Å². The van der Waals surface area contributed by atoms with Gasteiger partial charge in [-0.3, -0.25) is 9.69 Å². The van der Waals surface area contributed by atoms with Gasteiger partial charge >= 0.3 is 0 Å². The summed E-state index contributed by atoms with van der Waals surface area (Å²) in [6.45, 7) is 1.02. The molecule has 0 saturated carbocycles. The number of pyridine rings is 1. The molecule has 1 aromatic heterocycles. The van der Waals surface area contributed by atoms with Crippen molar-refractivity contribution in [3.8, 4) is 5.75 Å². The smallest absolute Gasteiger partial charge is 0.255 e. The Morgan fingerprint density at radius 3 is 2.58 bits per heavy atom. The Hall–Kier alpha value is -3.48. The molecule has 0 aliphatic rings. The number of halogens is 1. The largest absolute Gasteiger partial charge is 0.497 e. The number of methoxy groups -OCH3 is 1. The molecule has 1 atom stereocenters. The van der Waals surface area contributed by atoms with Crippen molar-refractivity contribution in [2.75, 3.05) is 20.7 Å². The second-order valence-electron chi connectivity index (χ2n) is 8.24. The summed E-state index contributed by atoms with van der Waals surface area (Å²) in [5.74, 6) is 0.305. The number of nitrogens with zero attached hydrogens (tertiary/aromatic N) is 2. The zero-order valence-electron chi connectivity index (χ0n) is 18.7. The van der Waals surface area contributed by atoms with E-state index in [1.54, 1.807) is 17.7 Å². The summed E-state index contributed by atoms with van der Waals surface area (Å²) in [6.07, 6.45) is -0.662. The van der Waals surface area contributed by atoms with Crippen LogP contribution in [0.15, 0.2) is 83.7 Å². The first kappa shape index (κ1) is 22.7. The van der Waals surface area contributed by atoms with Crippen LogP contribution in [-0.2, 0) is 13.1 Å². The Kier molecular flexibility index (Phi) is 6.87. The van der Waals surface area contributed by atoms with E-state index >= 15 is 0 Å². The van der Waals surface area contributed by atoms with E-state index < -0.39 is 11.9 Å². The highest BCUT2D eigenvalue weighted by Gasteiger charge is 2.15. The number of aliphatic hydroxyl groups is 1. The van der Waals surface area contributed by atoms with Gasteiger partial charge in [-0.2, -0.15) is 0 Å². The Morgan fingerprint density at radius 2 is 1.82 bits per heavy atom. The van der Waals surface area contributed by atoms with Crippen LogP contribution in [0.4, 0.5) is 4.39 Å². The molecule has 4 rings (SSSR count). The Balaban J connectivity index is 1.66. The third-order valence-electron chi connectivity index (χ3n) is 5.72. The van der Waals surface area contributed by atoms with Gasteiger partial charge in [-0.15, -0.1) is 0 Å². The van der Waals surface area contributed by atoms with E-state index in [9.17, 15) is 14.3 Å². The number of likely N-dealkylation sites (N-methyl/N-ethyl adjacent to an activating group) is 1. The van der Waals surface area contributed by atoms with Crippen LogP contribution in [0.2, 0.25) is 0 Å². The standard InChI is InChI=1S/C27H27FN2O3/c1-29(18-26(31)20-8-4-3-5-9-20)17-22-14-21-11-12-23(28)15-25(21)30(27(22)32)16-19-7-6-10-24(13-19)33-2/h3-15,26,31H,16-18H2,1-2H3/t26-/m0/s1. The zero-order valence-corrected chi connectivity index (χ0v) is 18.7. The van der Waals surface area contributed by atoms with E-state index in [1.165, 1.54) is 12.1 Å². The van der Waals surface area contributed by atoms with Gasteiger partial charge in [0.2, 0.25) is 0 Å². The molecule has 0 fully saturated rings. The maximum absolute atomic E-state index is 14.0. The molecule has 0 unspecified atom stereocenters. The molecule has 1 heterocycles. The van der Waals surface area contributed by atoms with Crippen molar-refractivity contribution in [1.82, 2.24) is 9.47 Å². The maximum Gasteiger partial charge on any atom is 0.255 e. The molecule has 0 amide bonds. The number of hydrogen-bond acceptors (Lipinski definition) is 4. The van der Waals surface area contributed by atoms with E-state index in [1.807, 2.05) is 72.6 Å². The first-order valence-corrected chi connectivity index (χ1v) is 10.8. The van der Waals surface area contributed by atoms with E-state index in [2.05, 4.69) is 0 Å². The molecule has 170 valence electrons. The molecule has 0 bridgehead atoms. The predicted octanol–water partition coefficient (Wildman–Crippen LogP) is 4.36. The summed E-state index contributed by atoms with van der Waals surface area (Å²) in [7, 11) is 3.46. The summed E-state index contributed by atoms with van der Waals surface area (Å²) < 4.78 is 21.0. The van der Waals surface area contributed by atoms with E-state index in [-0.39, 0.29) is 5.56 Å². The van der Waals surface area contributed by atoms with Gasteiger partial charge in [-0.05, 0) is 60.0 Å². The lowest BCUT2D eigenvalue weighted by molar-refractivity contribution is 0.123. The fourth-order valence-corrected chi connectivity index (χ4v) is 4.06. The average molecular weight is 447 g/mol. The molecule has 3 aromatic carbocycles. The zero-order chi connectivity index (χ0) is 23.4. The lowest BCUT2D eigenvalue weighted by atomic mass is 10.1. The SMILES string of the molecule is COc1cccc(Cn2c(=O)c(CN(C)C[C@H](O)c3ccccc3)cc3ccc(F)cc32)c1. The number of aromatic nitrogens is 1. The van der Waals surface area contributed by atoms with Crippen molar-refractivity contribution in [2.45, 2.75) is 19.2 Å². The normalized spacial score (nSPS) is 12.3. The molecule has 0 radical (unpaired) electrons. The van der Waals surface area contributed by atoms with Gasteiger partial charge in [0.15, 0.2) is 0 Å². The van der Waals surface area contributed by atoms with Crippen LogP contribution >= 0.6 is 0 Å². The van der Waals surface area contributed by atoms with Crippen LogP contribution in [0.25, 0.3) is 10.9 Å². The number of benzene rings is 3. The number of rotatable bonds is 8. The minimum atomic E-state index is -0.662. The topological polar surface area (TPSA) is 54.7 Å². The van der Waals surface area contributed by atoms with Crippen molar-refractivity contribution in [3.05, 3.63) is 112 Å². The van der Waals surface area contributed by atoms with Crippen molar-refractivity contribution in [1.29, 1.82) is 0 Å². The minimum absolute atomic E-state index is 0.183. The molecule has 5 nitrogen and oxygen atoms in total. The van der Waals surface area contributed by atoms with Gasteiger partial charge < -0.3 is 14.4 Å². The highest BCUT2D eigenvalue weighted by Crippen LogP contribution is 2.20. The fraction of sp³-hybridized carbons (Fsp3) is 0.222. The molecular formula is C27H27FN2O3. The summed E-state index contributed by atoms with van der Waals surface area (Å²) >= 11 is 0. The maximum atomic E-state index is 14.0. The molecule has 4 aromatic rings. The monoisotopic (exact) mass is 446 g/mol. The van der Waals surface area contributed by atoms with Crippen LogP contribution in [0.5, 0.6) is 5.75 Å². The predicted molar refractivity (Wildman–Crippen MR) is 128 cm³/mol. The second-order valence-corrected chi connectivity index (χ2v) is 8.24. The first-order valence-electron chi connectivity index (χ1n) is 10.8. The third kappa shape index (κ3) is 5.30. The highest BCUT2D eigenvalue weighted by molar-refractivity contribution is 5.79. The Bertz CT molecular complexity index is 1300. The number of fused-ring (bicyclic) bond motifs is 1. The van der Waals surface area contributed by atoms with Crippen molar-refractivity contribution in [2.24, 2.45) is 0 Å². The first-order chi connectivity index (χ1) is 15.9. The third-order valence-corrected chi connectivity index (χ3v) is 5.72. The van der Waals surface area contributed by atoms with Crippen molar-refractivity contribution < 1.29 is 14.2 Å². The number of hydrogen-bond donors (Lipinski definition) is 1. The van der Waals surface area contributed by atoms with E-state index in [0.717, 1.165) is 16.5 Å². The van der Waals surface area contributed by atoms with Gasteiger partial charge in [0, 0.05) is 18.7 Å². The van der Waals surface area contributed by atoms with Crippen molar-refractivity contribution >= 4 is 10.9 Å². The van der Waals surface area contributed by atoms with Gasteiger partial charge in [-0.25, -0.2) is 4.39 Å². The number of aliphatic hydroxyl groups excluding tert-OH is 1. The molecule has 0 spiro atoms. The van der Waals surface area contributed by atoms with E-state index in [0.29, 0.717) is 36.5 Å². The molecule has 1 N–H and O–H groups in total. The Labute approximate surface area is 192 Å². The highest BCUT2D eigenvalue weighted by atomic mass is 19.1. The quantitative estimate of drug-likeness (QED) is 0.437. The molecule has 6 heteroatoms. The lowest BCUT2D eigenvalue weighted by Crippen LogP contribution is -2.31. The minimum Gasteiger partial charge on any atom is -0.497 e. The van der Waals surface area contributed by atoms with Crippen LogP contribution in [0.1, 0.15) is 22.8 Å². The summed E-state index contributed by atoms with van der Waals surface area (Å²) in [6, 6.07) is 23.2. The fourth-order valence-electron chi connectivity index (χ4n) is 4.06. The van der Waals surface area contributed by atoms with E-state index in [4.69, 9.17) is 4.74 Å².